The van der Waals surface area contributed by atoms with Gasteiger partial charge < -0.3 is 10.3 Å². The lowest BCUT2D eigenvalue weighted by atomic mass is 10.1. The molecule has 1 unspecified atom stereocenters. The zero-order valence-electron chi connectivity index (χ0n) is 12.1. The second-order valence-electron chi connectivity index (χ2n) is 5.31. The van der Waals surface area contributed by atoms with Crippen LogP contribution in [0.15, 0.2) is 54.7 Å². The number of nitrogens with one attached hydrogen (secondary N) is 2. The summed E-state index contributed by atoms with van der Waals surface area (Å²) in [6.45, 7) is 3.07. The van der Waals surface area contributed by atoms with Crippen molar-refractivity contribution >= 4 is 22.5 Å². The number of aromatic amines is 1. The Morgan fingerprint density at radius 2 is 1.86 bits per heavy atom. The molecule has 0 aliphatic carbocycles. The molecule has 1 aromatic heterocycles. The summed E-state index contributed by atoms with van der Waals surface area (Å²) in [4.78, 5) is 3.32. The highest BCUT2D eigenvalue weighted by Gasteiger charge is 2.09. The molecule has 3 rings (SSSR count). The first-order chi connectivity index (χ1) is 10.3. The molecule has 21 heavy (non-hydrogen) atoms. The Hall–Kier alpha value is -1.77. The van der Waals surface area contributed by atoms with Crippen LogP contribution in [-0.2, 0) is 6.42 Å². The van der Waals surface area contributed by atoms with Gasteiger partial charge in [-0.2, -0.15) is 0 Å². The zero-order valence-corrected chi connectivity index (χ0v) is 12.8. The van der Waals surface area contributed by atoms with E-state index in [4.69, 9.17) is 11.6 Å². The first-order valence-corrected chi connectivity index (χ1v) is 7.66. The Kier molecular flexibility index (Phi) is 4.28. The monoisotopic (exact) mass is 298 g/mol. The Labute approximate surface area is 130 Å². The van der Waals surface area contributed by atoms with Gasteiger partial charge in [-0.1, -0.05) is 48.0 Å². The Morgan fingerprint density at radius 1 is 1.10 bits per heavy atom. The quantitative estimate of drug-likeness (QED) is 0.701. The van der Waals surface area contributed by atoms with Gasteiger partial charge in [-0.15, -0.1) is 0 Å². The van der Waals surface area contributed by atoms with E-state index in [1.807, 2.05) is 18.2 Å². The summed E-state index contributed by atoms with van der Waals surface area (Å²) in [5.41, 5.74) is 3.70. The number of H-pyrrole nitrogens is 1. The maximum Gasteiger partial charge on any atom is 0.0456 e. The summed E-state index contributed by atoms with van der Waals surface area (Å²) in [5, 5.41) is 5.68. The lowest BCUT2D eigenvalue weighted by molar-refractivity contribution is 0.578. The van der Waals surface area contributed by atoms with Gasteiger partial charge in [0, 0.05) is 28.2 Å². The van der Waals surface area contributed by atoms with E-state index >= 15 is 0 Å². The molecule has 1 atom stereocenters. The van der Waals surface area contributed by atoms with E-state index in [0.29, 0.717) is 0 Å². The minimum absolute atomic E-state index is 0.254. The van der Waals surface area contributed by atoms with Crippen molar-refractivity contribution in [2.75, 3.05) is 6.54 Å². The predicted molar refractivity (Wildman–Crippen MR) is 89.9 cm³/mol. The molecule has 3 aromatic rings. The van der Waals surface area contributed by atoms with Crippen LogP contribution in [0.25, 0.3) is 10.9 Å². The zero-order chi connectivity index (χ0) is 14.7. The van der Waals surface area contributed by atoms with Crippen LogP contribution in [0.4, 0.5) is 0 Å². The molecule has 0 saturated carbocycles. The third-order valence-corrected chi connectivity index (χ3v) is 4.24. The Bertz CT molecular complexity index is 733. The standard InChI is InChI=1S/C18H19ClN2/c1-13(15-6-2-4-8-17(15)19)20-11-10-14-12-21-18-9-5-3-7-16(14)18/h2-9,12-13,20-21H,10-11H2,1H3. The number of benzene rings is 2. The molecule has 2 N–H and O–H groups in total. The summed E-state index contributed by atoms with van der Waals surface area (Å²) < 4.78 is 0. The number of hydrogen-bond donors (Lipinski definition) is 2. The summed E-state index contributed by atoms with van der Waals surface area (Å²) in [5.74, 6) is 0. The van der Waals surface area contributed by atoms with Crippen molar-refractivity contribution in [1.82, 2.24) is 10.3 Å². The van der Waals surface area contributed by atoms with Gasteiger partial charge in [0.15, 0.2) is 0 Å². The van der Waals surface area contributed by atoms with Crippen LogP contribution >= 0.6 is 11.6 Å². The molecule has 108 valence electrons. The average Bonchev–Trinajstić information content (AvgIpc) is 2.91. The van der Waals surface area contributed by atoms with Gasteiger partial charge in [0.05, 0.1) is 0 Å². The highest BCUT2D eigenvalue weighted by molar-refractivity contribution is 6.31. The highest BCUT2D eigenvalue weighted by Crippen LogP contribution is 2.22. The SMILES string of the molecule is CC(NCCc1c[nH]c2ccccc12)c1ccccc1Cl. The second-order valence-corrected chi connectivity index (χ2v) is 5.71. The number of aromatic nitrogens is 1. The van der Waals surface area contributed by atoms with Gasteiger partial charge in [0.2, 0.25) is 0 Å². The van der Waals surface area contributed by atoms with Crippen molar-refractivity contribution in [3.05, 3.63) is 70.9 Å². The fourth-order valence-corrected chi connectivity index (χ4v) is 3.00. The van der Waals surface area contributed by atoms with E-state index in [-0.39, 0.29) is 6.04 Å². The van der Waals surface area contributed by atoms with Crippen LogP contribution in [0.1, 0.15) is 24.1 Å². The van der Waals surface area contributed by atoms with E-state index in [2.05, 4.69) is 53.8 Å². The predicted octanol–water partition coefficient (Wildman–Crippen LogP) is 4.71. The van der Waals surface area contributed by atoms with E-state index in [9.17, 15) is 0 Å². The number of hydrogen-bond acceptors (Lipinski definition) is 1. The number of halogens is 1. The van der Waals surface area contributed by atoms with Crippen molar-refractivity contribution in [3.63, 3.8) is 0 Å². The molecule has 2 nitrogen and oxygen atoms in total. The maximum atomic E-state index is 6.23. The summed E-state index contributed by atoms with van der Waals surface area (Å²) in [6, 6.07) is 16.7. The molecule has 0 spiro atoms. The fraction of sp³-hybridized carbons (Fsp3) is 0.222. The molecule has 0 bridgehead atoms. The molecule has 0 aliphatic rings. The Morgan fingerprint density at radius 3 is 2.71 bits per heavy atom. The van der Waals surface area contributed by atoms with E-state index in [1.165, 1.54) is 16.5 Å². The Balaban J connectivity index is 1.62. The summed E-state index contributed by atoms with van der Waals surface area (Å²) in [6.07, 6.45) is 3.10. The molecular formula is C18H19ClN2. The topological polar surface area (TPSA) is 27.8 Å². The van der Waals surface area contributed by atoms with Crippen LogP contribution < -0.4 is 5.32 Å². The normalized spacial score (nSPS) is 12.7. The molecular weight excluding hydrogens is 280 g/mol. The van der Waals surface area contributed by atoms with Gasteiger partial charge in [-0.25, -0.2) is 0 Å². The number of rotatable bonds is 5. The van der Waals surface area contributed by atoms with Crippen LogP contribution in [0.2, 0.25) is 5.02 Å². The fourth-order valence-electron chi connectivity index (χ4n) is 2.70. The lowest BCUT2D eigenvalue weighted by Crippen LogP contribution is -2.21. The van der Waals surface area contributed by atoms with E-state index in [0.717, 1.165) is 23.6 Å². The maximum absolute atomic E-state index is 6.23. The van der Waals surface area contributed by atoms with Gasteiger partial charge in [0.25, 0.3) is 0 Å². The third kappa shape index (κ3) is 3.12. The van der Waals surface area contributed by atoms with Crippen molar-refractivity contribution in [1.29, 1.82) is 0 Å². The first-order valence-electron chi connectivity index (χ1n) is 7.28. The molecule has 0 amide bonds. The molecule has 0 aliphatic heterocycles. The van der Waals surface area contributed by atoms with Crippen molar-refractivity contribution in [2.24, 2.45) is 0 Å². The molecule has 2 aromatic carbocycles. The van der Waals surface area contributed by atoms with Crippen molar-refractivity contribution < 1.29 is 0 Å². The smallest absolute Gasteiger partial charge is 0.0456 e. The largest absolute Gasteiger partial charge is 0.361 e. The van der Waals surface area contributed by atoms with Crippen molar-refractivity contribution in [2.45, 2.75) is 19.4 Å². The molecule has 1 heterocycles. The van der Waals surface area contributed by atoms with Gasteiger partial charge in [0.1, 0.15) is 0 Å². The summed E-state index contributed by atoms with van der Waals surface area (Å²) >= 11 is 6.23. The molecule has 0 fully saturated rings. The lowest BCUT2D eigenvalue weighted by Gasteiger charge is -2.15. The average molecular weight is 299 g/mol. The van der Waals surface area contributed by atoms with E-state index < -0.39 is 0 Å². The van der Waals surface area contributed by atoms with Gasteiger partial charge in [-0.05, 0) is 43.1 Å². The second kappa shape index (κ2) is 6.33. The van der Waals surface area contributed by atoms with Crippen LogP contribution in [0.5, 0.6) is 0 Å². The van der Waals surface area contributed by atoms with Crippen LogP contribution in [0, 0.1) is 0 Å². The van der Waals surface area contributed by atoms with Crippen molar-refractivity contribution in [3.8, 4) is 0 Å². The first kappa shape index (κ1) is 14.2. The minimum Gasteiger partial charge on any atom is -0.361 e. The van der Waals surface area contributed by atoms with Crippen LogP contribution in [-0.4, -0.2) is 11.5 Å². The molecule has 0 radical (unpaired) electrons. The molecule has 0 saturated heterocycles. The van der Waals surface area contributed by atoms with Gasteiger partial charge >= 0.3 is 0 Å². The third-order valence-electron chi connectivity index (χ3n) is 3.89. The minimum atomic E-state index is 0.254. The van der Waals surface area contributed by atoms with Gasteiger partial charge in [-0.3, -0.25) is 0 Å². The number of fused-ring (bicyclic) bond motifs is 1. The van der Waals surface area contributed by atoms with E-state index in [1.54, 1.807) is 0 Å². The summed E-state index contributed by atoms with van der Waals surface area (Å²) in [7, 11) is 0. The highest BCUT2D eigenvalue weighted by atomic mass is 35.5. The number of para-hydroxylation sites is 1. The molecule has 3 heteroatoms. The van der Waals surface area contributed by atoms with Crippen LogP contribution in [0.3, 0.4) is 0 Å².